The summed E-state index contributed by atoms with van der Waals surface area (Å²) in [7, 11) is 0. The van der Waals surface area contributed by atoms with Crippen molar-refractivity contribution in [2.75, 3.05) is 18.0 Å². The van der Waals surface area contributed by atoms with E-state index in [1.807, 2.05) is 18.2 Å². The van der Waals surface area contributed by atoms with Gasteiger partial charge in [-0.1, -0.05) is 6.07 Å². The minimum Gasteiger partial charge on any atom is -0.348 e. The van der Waals surface area contributed by atoms with Gasteiger partial charge >= 0.3 is 0 Å². The molecule has 2 N–H and O–H groups in total. The van der Waals surface area contributed by atoms with Crippen molar-refractivity contribution in [1.29, 1.82) is 0 Å². The second-order valence-corrected chi connectivity index (χ2v) is 6.16. The van der Waals surface area contributed by atoms with Crippen LogP contribution in [-0.4, -0.2) is 37.0 Å². The number of rotatable bonds is 3. The zero-order valence-corrected chi connectivity index (χ0v) is 14.2. The molecule has 23 heavy (non-hydrogen) atoms. The lowest BCUT2D eigenvalue weighted by atomic mass is 9.99. The Morgan fingerprint density at radius 2 is 2.17 bits per heavy atom. The van der Waals surface area contributed by atoms with Gasteiger partial charge in [0.25, 0.3) is 5.91 Å². The molecule has 2 amide bonds. The molecule has 0 spiro atoms. The first-order chi connectivity index (χ1) is 10.6. The van der Waals surface area contributed by atoms with Gasteiger partial charge in [0.15, 0.2) is 0 Å². The standard InChI is InChI=1S/C17H23N3O2.ClH/c1-12-15(7-3-9-18-12)19-17(22)13-5-2-6-14(11-13)20-10-4-8-16(20)21;/h2,5-6,11-12,15,18H,3-4,7-10H2,1H3,(H,19,22);1H. The molecule has 2 aliphatic heterocycles. The zero-order chi connectivity index (χ0) is 15.5. The lowest BCUT2D eigenvalue weighted by Gasteiger charge is -2.30. The highest BCUT2D eigenvalue weighted by atomic mass is 35.5. The summed E-state index contributed by atoms with van der Waals surface area (Å²) >= 11 is 0. The number of hydrogen-bond acceptors (Lipinski definition) is 3. The Morgan fingerprint density at radius 3 is 2.87 bits per heavy atom. The lowest BCUT2D eigenvalue weighted by Crippen LogP contribution is -2.51. The highest BCUT2D eigenvalue weighted by Crippen LogP contribution is 2.22. The number of nitrogens with one attached hydrogen (secondary N) is 2. The molecule has 2 aliphatic rings. The van der Waals surface area contributed by atoms with Gasteiger partial charge in [-0.2, -0.15) is 0 Å². The minimum absolute atomic E-state index is 0. The quantitative estimate of drug-likeness (QED) is 0.888. The van der Waals surface area contributed by atoms with Gasteiger partial charge < -0.3 is 15.5 Å². The number of anilines is 1. The van der Waals surface area contributed by atoms with Crippen LogP contribution in [0.3, 0.4) is 0 Å². The maximum Gasteiger partial charge on any atom is 0.251 e. The molecule has 5 nitrogen and oxygen atoms in total. The van der Waals surface area contributed by atoms with Crippen LogP contribution in [0.15, 0.2) is 24.3 Å². The number of halogens is 1. The van der Waals surface area contributed by atoms with Crippen LogP contribution in [0, 0.1) is 0 Å². The molecule has 1 aromatic rings. The average molecular weight is 338 g/mol. The van der Waals surface area contributed by atoms with Gasteiger partial charge in [0.1, 0.15) is 0 Å². The lowest BCUT2D eigenvalue weighted by molar-refractivity contribution is -0.117. The highest BCUT2D eigenvalue weighted by Gasteiger charge is 2.24. The number of benzene rings is 1. The van der Waals surface area contributed by atoms with Crippen LogP contribution in [0.5, 0.6) is 0 Å². The molecule has 126 valence electrons. The summed E-state index contributed by atoms with van der Waals surface area (Å²) in [6.45, 7) is 3.86. The first-order valence-electron chi connectivity index (χ1n) is 8.10. The number of carbonyl (C=O) groups excluding carboxylic acids is 2. The molecule has 2 unspecified atom stereocenters. The summed E-state index contributed by atoms with van der Waals surface area (Å²) in [6.07, 6.45) is 3.57. The minimum atomic E-state index is -0.0611. The number of hydrogen-bond donors (Lipinski definition) is 2. The van der Waals surface area contributed by atoms with Crippen molar-refractivity contribution in [3.8, 4) is 0 Å². The summed E-state index contributed by atoms with van der Waals surface area (Å²) in [5.74, 6) is 0.0803. The number of carbonyl (C=O) groups is 2. The van der Waals surface area contributed by atoms with E-state index in [1.165, 1.54) is 0 Å². The molecule has 0 aliphatic carbocycles. The molecule has 2 heterocycles. The third-order valence-electron chi connectivity index (χ3n) is 4.57. The summed E-state index contributed by atoms with van der Waals surface area (Å²) < 4.78 is 0. The highest BCUT2D eigenvalue weighted by molar-refractivity contribution is 5.99. The van der Waals surface area contributed by atoms with Gasteiger partial charge in [0.05, 0.1) is 0 Å². The average Bonchev–Trinajstić information content (AvgIpc) is 2.96. The molecule has 2 saturated heterocycles. The number of amides is 2. The summed E-state index contributed by atoms with van der Waals surface area (Å²) in [4.78, 5) is 26.1. The van der Waals surface area contributed by atoms with Crippen molar-refractivity contribution in [2.45, 2.75) is 44.7 Å². The van der Waals surface area contributed by atoms with E-state index in [9.17, 15) is 9.59 Å². The molecule has 3 rings (SSSR count). The van der Waals surface area contributed by atoms with Crippen molar-refractivity contribution in [1.82, 2.24) is 10.6 Å². The van der Waals surface area contributed by atoms with Crippen molar-refractivity contribution >= 4 is 29.9 Å². The Morgan fingerprint density at radius 1 is 1.35 bits per heavy atom. The van der Waals surface area contributed by atoms with E-state index in [0.29, 0.717) is 18.0 Å². The van der Waals surface area contributed by atoms with E-state index >= 15 is 0 Å². The van der Waals surface area contributed by atoms with Crippen LogP contribution in [0.25, 0.3) is 0 Å². The van der Waals surface area contributed by atoms with Crippen molar-refractivity contribution in [3.05, 3.63) is 29.8 Å². The van der Waals surface area contributed by atoms with Crippen molar-refractivity contribution in [3.63, 3.8) is 0 Å². The topological polar surface area (TPSA) is 61.4 Å². The van der Waals surface area contributed by atoms with Crippen LogP contribution in [-0.2, 0) is 4.79 Å². The van der Waals surface area contributed by atoms with Crippen molar-refractivity contribution in [2.24, 2.45) is 0 Å². The Labute approximate surface area is 143 Å². The second-order valence-electron chi connectivity index (χ2n) is 6.16. The van der Waals surface area contributed by atoms with Crippen LogP contribution in [0.2, 0.25) is 0 Å². The fraction of sp³-hybridized carbons (Fsp3) is 0.529. The van der Waals surface area contributed by atoms with Crippen LogP contribution in [0.4, 0.5) is 5.69 Å². The van der Waals surface area contributed by atoms with Crippen LogP contribution >= 0.6 is 12.4 Å². The molecule has 0 bridgehead atoms. The molecule has 6 heteroatoms. The second kappa shape index (κ2) is 7.79. The smallest absolute Gasteiger partial charge is 0.251 e. The summed E-state index contributed by atoms with van der Waals surface area (Å²) in [5, 5.41) is 6.49. The van der Waals surface area contributed by atoms with Gasteiger partial charge in [-0.15, -0.1) is 12.4 Å². The first-order valence-corrected chi connectivity index (χ1v) is 8.10. The Bertz CT molecular complexity index is 579. The van der Waals surface area contributed by atoms with Crippen molar-refractivity contribution < 1.29 is 9.59 Å². The zero-order valence-electron chi connectivity index (χ0n) is 13.4. The van der Waals surface area contributed by atoms with E-state index in [1.54, 1.807) is 11.0 Å². The van der Waals surface area contributed by atoms with E-state index < -0.39 is 0 Å². The molecule has 1 aromatic carbocycles. The van der Waals surface area contributed by atoms with Crippen LogP contribution < -0.4 is 15.5 Å². The molecule has 0 saturated carbocycles. The third-order valence-corrected chi connectivity index (χ3v) is 4.57. The molecule has 0 aromatic heterocycles. The predicted octanol–water partition coefficient (Wildman–Crippen LogP) is 2.11. The Hall–Kier alpha value is -1.59. The maximum absolute atomic E-state index is 12.5. The van der Waals surface area contributed by atoms with E-state index in [4.69, 9.17) is 0 Å². The number of piperidine rings is 1. The molecule has 2 atom stereocenters. The third kappa shape index (κ3) is 4.03. The van der Waals surface area contributed by atoms with Crippen LogP contribution in [0.1, 0.15) is 43.0 Å². The largest absolute Gasteiger partial charge is 0.348 e. The predicted molar refractivity (Wildman–Crippen MR) is 93.2 cm³/mol. The Balaban J connectivity index is 0.00000192. The monoisotopic (exact) mass is 337 g/mol. The van der Waals surface area contributed by atoms with E-state index in [0.717, 1.165) is 38.0 Å². The van der Waals surface area contributed by atoms with E-state index in [2.05, 4.69) is 17.6 Å². The van der Waals surface area contributed by atoms with Gasteiger partial charge in [-0.25, -0.2) is 0 Å². The first kappa shape index (κ1) is 17.8. The number of nitrogens with zero attached hydrogens (tertiary/aromatic N) is 1. The maximum atomic E-state index is 12.5. The van der Waals surface area contributed by atoms with Gasteiger partial charge in [-0.05, 0) is 50.9 Å². The van der Waals surface area contributed by atoms with E-state index in [-0.39, 0.29) is 30.3 Å². The molecular weight excluding hydrogens is 314 g/mol. The summed E-state index contributed by atoms with van der Waals surface area (Å²) in [6, 6.07) is 7.82. The fourth-order valence-electron chi connectivity index (χ4n) is 3.23. The van der Waals surface area contributed by atoms with Gasteiger partial charge in [0, 0.05) is 36.3 Å². The normalized spacial score (nSPS) is 24.2. The molecular formula is C17H24ClN3O2. The summed E-state index contributed by atoms with van der Waals surface area (Å²) in [5.41, 5.74) is 1.44. The molecule has 2 fully saturated rings. The van der Waals surface area contributed by atoms with Gasteiger partial charge in [-0.3, -0.25) is 9.59 Å². The molecule has 0 radical (unpaired) electrons. The SMILES string of the molecule is CC1NCCCC1NC(=O)c1cccc(N2CCCC2=O)c1.Cl. The fourth-order valence-corrected chi connectivity index (χ4v) is 3.23. The van der Waals surface area contributed by atoms with Gasteiger partial charge in [0.2, 0.25) is 5.91 Å². The Kier molecular flexibility index (Phi) is 6.02.